The molecule has 0 saturated carbocycles. The van der Waals surface area contributed by atoms with Gasteiger partial charge in [0.25, 0.3) is 5.56 Å². The van der Waals surface area contributed by atoms with Crippen molar-refractivity contribution in [2.75, 3.05) is 25.0 Å². The number of hydrogen-bond acceptors (Lipinski definition) is 6. The van der Waals surface area contributed by atoms with Gasteiger partial charge in [-0.25, -0.2) is 14.6 Å². The van der Waals surface area contributed by atoms with Crippen molar-refractivity contribution in [3.05, 3.63) is 53.5 Å². The minimum absolute atomic E-state index is 0.163. The molecule has 0 aliphatic carbocycles. The third-order valence-corrected chi connectivity index (χ3v) is 5.58. The fraction of sp³-hybridized carbons (Fsp3) is 0.429. The van der Waals surface area contributed by atoms with E-state index in [1.807, 2.05) is 12.1 Å². The summed E-state index contributed by atoms with van der Waals surface area (Å²) in [6.45, 7) is 7.68. The molecule has 152 valence electrons. The number of aromatic nitrogens is 5. The van der Waals surface area contributed by atoms with Crippen molar-refractivity contribution in [3.63, 3.8) is 0 Å². The van der Waals surface area contributed by atoms with E-state index in [0.29, 0.717) is 23.3 Å². The Hall–Kier alpha value is -3.00. The highest BCUT2D eigenvalue weighted by atomic mass is 16.1. The highest BCUT2D eigenvalue weighted by Gasteiger charge is 2.20. The van der Waals surface area contributed by atoms with Crippen molar-refractivity contribution in [3.8, 4) is 16.9 Å². The van der Waals surface area contributed by atoms with E-state index in [0.717, 1.165) is 31.0 Å². The summed E-state index contributed by atoms with van der Waals surface area (Å²) in [5.41, 5.74) is 1.17. The standard InChI is InChI=1S/C21H27N7O/c1-15(2)27-8-5-16(6-9-27)11-23-19-10-20(25-14-24-19)28-21(29)18(13-26-28)17-4-3-7-22-12-17/h3-4,7,10,12-16,26H,5-6,8-9,11H2,1-2H3,(H,23,24,25). The Morgan fingerprint density at radius 1 is 1.28 bits per heavy atom. The lowest BCUT2D eigenvalue weighted by Gasteiger charge is -2.34. The first-order chi connectivity index (χ1) is 14.1. The molecule has 8 nitrogen and oxygen atoms in total. The quantitative estimate of drug-likeness (QED) is 0.669. The van der Waals surface area contributed by atoms with E-state index in [1.54, 1.807) is 24.7 Å². The van der Waals surface area contributed by atoms with Crippen molar-refractivity contribution < 1.29 is 0 Å². The third-order valence-electron chi connectivity index (χ3n) is 5.58. The van der Waals surface area contributed by atoms with E-state index in [2.05, 4.69) is 44.1 Å². The predicted octanol–water partition coefficient (Wildman–Crippen LogP) is 2.55. The smallest absolute Gasteiger partial charge is 0.280 e. The van der Waals surface area contributed by atoms with Crippen LogP contribution < -0.4 is 10.9 Å². The molecule has 4 rings (SSSR count). The van der Waals surface area contributed by atoms with Crippen LogP contribution in [0.15, 0.2) is 47.9 Å². The molecule has 1 aliphatic heterocycles. The molecule has 29 heavy (non-hydrogen) atoms. The van der Waals surface area contributed by atoms with E-state index < -0.39 is 0 Å². The first-order valence-corrected chi connectivity index (χ1v) is 10.1. The van der Waals surface area contributed by atoms with Gasteiger partial charge in [-0.3, -0.25) is 14.9 Å². The zero-order valence-corrected chi connectivity index (χ0v) is 16.9. The topological polar surface area (TPSA) is 91.7 Å². The summed E-state index contributed by atoms with van der Waals surface area (Å²) in [6, 6.07) is 6.09. The van der Waals surface area contributed by atoms with Gasteiger partial charge in [0.2, 0.25) is 0 Å². The molecule has 0 spiro atoms. The molecule has 4 heterocycles. The second-order valence-electron chi connectivity index (χ2n) is 7.78. The van der Waals surface area contributed by atoms with E-state index in [9.17, 15) is 4.79 Å². The molecule has 3 aromatic heterocycles. The number of anilines is 1. The SMILES string of the molecule is CC(C)N1CCC(CNc2cc(-n3[nH]cc(-c4cccnc4)c3=O)ncn2)CC1. The third kappa shape index (κ3) is 4.37. The van der Waals surface area contributed by atoms with Gasteiger partial charge in [-0.1, -0.05) is 6.07 Å². The summed E-state index contributed by atoms with van der Waals surface area (Å²) in [6.07, 6.45) is 8.89. The second kappa shape index (κ2) is 8.57. The number of likely N-dealkylation sites (tertiary alicyclic amines) is 1. The molecule has 1 fully saturated rings. The first kappa shape index (κ1) is 19.3. The van der Waals surface area contributed by atoms with Crippen LogP contribution in [0.2, 0.25) is 0 Å². The summed E-state index contributed by atoms with van der Waals surface area (Å²) in [4.78, 5) is 28.0. The lowest BCUT2D eigenvalue weighted by atomic mass is 9.96. The van der Waals surface area contributed by atoms with Gasteiger partial charge in [0.15, 0.2) is 5.82 Å². The van der Waals surface area contributed by atoms with Gasteiger partial charge in [0, 0.05) is 42.8 Å². The summed E-state index contributed by atoms with van der Waals surface area (Å²) in [7, 11) is 0. The number of rotatable bonds is 6. The van der Waals surface area contributed by atoms with Crippen molar-refractivity contribution in [2.24, 2.45) is 5.92 Å². The molecule has 0 bridgehead atoms. The minimum Gasteiger partial charge on any atom is -0.370 e. The highest BCUT2D eigenvalue weighted by Crippen LogP contribution is 2.20. The lowest BCUT2D eigenvalue weighted by Crippen LogP contribution is -2.39. The molecule has 0 unspecified atom stereocenters. The fourth-order valence-electron chi connectivity index (χ4n) is 3.76. The van der Waals surface area contributed by atoms with Crippen molar-refractivity contribution in [2.45, 2.75) is 32.7 Å². The van der Waals surface area contributed by atoms with E-state index in [-0.39, 0.29) is 5.56 Å². The number of H-pyrrole nitrogens is 1. The molecule has 0 radical (unpaired) electrons. The Labute approximate surface area is 170 Å². The summed E-state index contributed by atoms with van der Waals surface area (Å²) < 4.78 is 1.43. The van der Waals surface area contributed by atoms with Gasteiger partial charge < -0.3 is 10.2 Å². The molecule has 2 N–H and O–H groups in total. The average Bonchev–Trinajstić information content (AvgIpc) is 3.15. The molecule has 0 amide bonds. The molecule has 8 heteroatoms. The first-order valence-electron chi connectivity index (χ1n) is 10.1. The van der Waals surface area contributed by atoms with Gasteiger partial charge in [-0.2, -0.15) is 0 Å². The Morgan fingerprint density at radius 2 is 2.10 bits per heavy atom. The van der Waals surface area contributed by atoms with Crippen LogP contribution in [0.1, 0.15) is 26.7 Å². The van der Waals surface area contributed by atoms with Gasteiger partial charge >= 0.3 is 0 Å². The molecule has 0 atom stereocenters. The zero-order valence-electron chi connectivity index (χ0n) is 16.9. The molecular weight excluding hydrogens is 366 g/mol. The fourth-order valence-corrected chi connectivity index (χ4v) is 3.76. The van der Waals surface area contributed by atoms with Crippen molar-refractivity contribution in [1.82, 2.24) is 29.6 Å². The van der Waals surface area contributed by atoms with Crippen LogP contribution >= 0.6 is 0 Å². The number of hydrogen-bond donors (Lipinski definition) is 2. The predicted molar refractivity (Wildman–Crippen MR) is 113 cm³/mol. The average molecular weight is 393 g/mol. The minimum atomic E-state index is -0.163. The van der Waals surface area contributed by atoms with Crippen LogP contribution in [-0.2, 0) is 0 Å². The molecule has 3 aromatic rings. The summed E-state index contributed by atoms with van der Waals surface area (Å²) >= 11 is 0. The number of piperidine rings is 1. The Bertz CT molecular complexity index is 988. The van der Waals surface area contributed by atoms with Crippen LogP contribution in [0.5, 0.6) is 0 Å². The number of nitrogens with zero attached hydrogens (tertiary/aromatic N) is 5. The Morgan fingerprint density at radius 3 is 2.83 bits per heavy atom. The van der Waals surface area contributed by atoms with E-state index >= 15 is 0 Å². The van der Waals surface area contributed by atoms with Crippen molar-refractivity contribution in [1.29, 1.82) is 0 Å². The largest absolute Gasteiger partial charge is 0.370 e. The number of aromatic amines is 1. The normalized spacial score (nSPS) is 15.7. The molecular formula is C21H27N7O. The zero-order chi connectivity index (χ0) is 20.2. The van der Waals surface area contributed by atoms with Crippen LogP contribution in [0.25, 0.3) is 16.9 Å². The Balaban J connectivity index is 1.43. The maximum atomic E-state index is 12.8. The number of nitrogens with one attached hydrogen (secondary N) is 2. The number of pyridine rings is 1. The van der Waals surface area contributed by atoms with Gasteiger partial charge in [-0.15, -0.1) is 0 Å². The maximum Gasteiger partial charge on any atom is 0.280 e. The van der Waals surface area contributed by atoms with Crippen LogP contribution in [-0.4, -0.2) is 55.3 Å². The van der Waals surface area contributed by atoms with Gasteiger partial charge in [0.05, 0.1) is 5.56 Å². The van der Waals surface area contributed by atoms with Gasteiger partial charge in [0.1, 0.15) is 12.1 Å². The summed E-state index contributed by atoms with van der Waals surface area (Å²) in [5, 5.41) is 6.41. The Kier molecular flexibility index (Phi) is 5.71. The van der Waals surface area contributed by atoms with Crippen molar-refractivity contribution >= 4 is 5.82 Å². The molecule has 0 aromatic carbocycles. The van der Waals surface area contributed by atoms with Crippen LogP contribution in [0.4, 0.5) is 5.82 Å². The highest BCUT2D eigenvalue weighted by molar-refractivity contribution is 5.60. The van der Waals surface area contributed by atoms with E-state index in [4.69, 9.17) is 0 Å². The summed E-state index contributed by atoms with van der Waals surface area (Å²) in [5.74, 6) is 1.87. The van der Waals surface area contributed by atoms with E-state index in [1.165, 1.54) is 23.9 Å². The molecule has 1 aliphatic rings. The molecule has 1 saturated heterocycles. The van der Waals surface area contributed by atoms with Crippen LogP contribution in [0.3, 0.4) is 0 Å². The second-order valence-corrected chi connectivity index (χ2v) is 7.78. The monoisotopic (exact) mass is 393 g/mol. The van der Waals surface area contributed by atoms with Gasteiger partial charge in [-0.05, 0) is 51.8 Å². The lowest BCUT2D eigenvalue weighted by molar-refractivity contribution is 0.153. The van der Waals surface area contributed by atoms with Crippen LogP contribution in [0, 0.1) is 5.92 Å². The maximum absolute atomic E-state index is 12.8.